The zero-order chi connectivity index (χ0) is 13.0. The van der Waals surface area contributed by atoms with Crippen molar-refractivity contribution in [2.45, 2.75) is 13.8 Å². The molecule has 1 aromatic carbocycles. The van der Waals surface area contributed by atoms with Gasteiger partial charge in [-0.1, -0.05) is 5.16 Å². The van der Waals surface area contributed by atoms with E-state index in [1.807, 2.05) is 0 Å². The molecule has 0 atom stereocenters. The quantitative estimate of drug-likeness (QED) is 0.322. The molecule has 1 amide bonds. The van der Waals surface area contributed by atoms with E-state index in [0.717, 1.165) is 0 Å². The Balaban J connectivity index is 3.32. The molecule has 0 aliphatic heterocycles. The monoisotopic (exact) mass is 238 g/mol. The first kappa shape index (κ1) is 12.8. The molecule has 17 heavy (non-hydrogen) atoms. The van der Waals surface area contributed by atoms with Crippen LogP contribution in [-0.4, -0.2) is 29.0 Å². The van der Waals surface area contributed by atoms with Gasteiger partial charge >= 0.3 is 0 Å². The lowest BCUT2D eigenvalue weighted by molar-refractivity contribution is -0.114. The van der Waals surface area contributed by atoms with Crippen LogP contribution in [0, 0.1) is 0 Å². The highest BCUT2D eigenvalue weighted by Crippen LogP contribution is 2.32. The molecule has 6 nitrogen and oxygen atoms in total. The number of ether oxygens (including phenoxy) is 1. The second-order valence-corrected chi connectivity index (χ2v) is 3.44. The number of phenols is 1. The third-order valence-corrected chi connectivity index (χ3v) is 2.17. The number of phenolic OH excluding ortho intramolecular Hbond substituents is 1. The highest BCUT2D eigenvalue weighted by Gasteiger charge is 2.13. The lowest BCUT2D eigenvalue weighted by Gasteiger charge is -2.12. The van der Waals surface area contributed by atoms with Crippen LogP contribution in [0.15, 0.2) is 17.3 Å². The number of rotatable bonds is 3. The fourth-order valence-corrected chi connectivity index (χ4v) is 1.37. The molecule has 0 saturated heterocycles. The first-order chi connectivity index (χ1) is 7.99. The summed E-state index contributed by atoms with van der Waals surface area (Å²) in [4.78, 5) is 11.0. The van der Waals surface area contributed by atoms with Crippen molar-refractivity contribution in [2.24, 2.45) is 5.16 Å². The summed E-state index contributed by atoms with van der Waals surface area (Å²) >= 11 is 0. The van der Waals surface area contributed by atoms with Gasteiger partial charge in [0, 0.05) is 18.6 Å². The summed E-state index contributed by atoms with van der Waals surface area (Å²) in [5.74, 6) is -0.0306. The number of nitrogens with zero attached hydrogens (tertiary/aromatic N) is 1. The molecule has 0 bridgehead atoms. The predicted molar refractivity (Wildman–Crippen MR) is 63.0 cm³/mol. The topological polar surface area (TPSA) is 91.2 Å². The Bertz CT molecular complexity index is 469. The molecule has 0 unspecified atom stereocenters. The molecule has 1 rings (SSSR count). The number of anilines is 1. The van der Waals surface area contributed by atoms with Crippen LogP contribution in [0.2, 0.25) is 0 Å². The zero-order valence-electron chi connectivity index (χ0n) is 9.81. The Morgan fingerprint density at radius 1 is 1.41 bits per heavy atom. The maximum atomic E-state index is 11.0. The lowest BCUT2D eigenvalue weighted by atomic mass is 10.1. The minimum absolute atomic E-state index is 0.0914. The smallest absolute Gasteiger partial charge is 0.221 e. The third-order valence-electron chi connectivity index (χ3n) is 2.17. The molecule has 0 fully saturated rings. The molecule has 0 radical (unpaired) electrons. The summed E-state index contributed by atoms with van der Waals surface area (Å²) in [5.41, 5.74) is 0.949. The Hall–Kier alpha value is -2.24. The average molecular weight is 238 g/mol. The number of carbonyl (C=O) groups is 1. The van der Waals surface area contributed by atoms with E-state index < -0.39 is 0 Å². The van der Waals surface area contributed by atoms with Crippen molar-refractivity contribution in [3.63, 3.8) is 0 Å². The van der Waals surface area contributed by atoms with Crippen molar-refractivity contribution >= 4 is 17.3 Å². The predicted octanol–water partition coefficient (Wildman–Crippen LogP) is 1.56. The van der Waals surface area contributed by atoms with Crippen LogP contribution in [-0.2, 0) is 4.79 Å². The number of hydrogen-bond acceptors (Lipinski definition) is 5. The number of hydrogen-bond donors (Lipinski definition) is 3. The van der Waals surface area contributed by atoms with E-state index in [9.17, 15) is 9.90 Å². The summed E-state index contributed by atoms with van der Waals surface area (Å²) in [6.07, 6.45) is 0. The molecule has 0 aliphatic carbocycles. The number of nitrogens with one attached hydrogen (secondary N) is 1. The number of methoxy groups -OCH3 is 1. The van der Waals surface area contributed by atoms with Gasteiger partial charge in [-0.25, -0.2) is 0 Å². The Labute approximate surface area is 98.5 Å². The maximum absolute atomic E-state index is 11.0. The van der Waals surface area contributed by atoms with Gasteiger partial charge in [0.1, 0.15) is 11.5 Å². The Morgan fingerprint density at radius 3 is 2.53 bits per heavy atom. The van der Waals surface area contributed by atoms with Crippen molar-refractivity contribution < 1.29 is 19.8 Å². The fraction of sp³-hybridized carbons (Fsp3) is 0.273. The standard InChI is InChI=1S/C11H14N2O4/c1-6(13-16)8-4-9(12-7(2)14)11(17-3)5-10(8)15/h4-5,15-16H,1-3H3,(H,12,14). The molecule has 1 aromatic rings. The van der Waals surface area contributed by atoms with Crippen molar-refractivity contribution in [1.29, 1.82) is 0 Å². The molecular formula is C11H14N2O4. The lowest BCUT2D eigenvalue weighted by Crippen LogP contribution is -2.08. The number of carbonyl (C=O) groups excluding carboxylic acids is 1. The van der Waals surface area contributed by atoms with Gasteiger partial charge in [0.15, 0.2) is 0 Å². The van der Waals surface area contributed by atoms with E-state index in [1.54, 1.807) is 0 Å². The van der Waals surface area contributed by atoms with Gasteiger partial charge in [0.25, 0.3) is 0 Å². The van der Waals surface area contributed by atoms with Gasteiger partial charge in [-0.05, 0) is 13.0 Å². The van der Waals surface area contributed by atoms with Gasteiger partial charge in [-0.3, -0.25) is 4.79 Å². The van der Waals surface area contributed by atoms with Crippen molar-refractivity contribution in [2.75, 3.05) is 12.4 Å². The van der Waals surface area contributed by atoms with Gasteiger partial charge in [-0.15, -0.1) is 0 Å². The van der Waals surface area contributed by atoms with Gasteiger partial charge in [0.05, 0.1) is 18.5 Å². The highest BCUT2D eigenvalue weighted by atomic mass is 16.5. The first-order valence-corrected chi connectivity index (χ1v) is 4.87. The van der Waals surface area contributed by atoms with E-state index in [1.165, 1.54) is 33.1 Å². The van der Waals surface area contributed by atoms with Crippen molar-refractivity contribution in [1.82, 2.24) is 0 Å². The van der Waals surface area contributed by atoms with Gasteiger partial charge < -0.3 is 20.4 Å². The van der Waals surface area contributed by atoms with E-state index in [0.29, 0.717) is 17.0 Å². The van der Waals surface area contributed by atoms with Crippen molar-refractivity contribution in [3.05, 3.63) is 17.7 Å². The van der Waals surface area contributed by atoms with E-state index in [4.69, 9.17) is 9.94 Å². The molecule has 92 valence electrons. The first-order valence-electron chi connectivity index (χ1n) is 4.87. The van der Waals surface area contributed by atoms with E-state index in [-0.39, 0.29) is 17.4 Å². The van der Waals surface area contributed by atoms with Crippen LogP contribution in [0.3, 0.4) is 0 Å². The van der Waals surface area contributed by atoms with E-state index in [2.05, 4.69) is 10.5 Å². The SMILES string of the molecule is COc1cc(O)c(C(C)=NO)cc1NC(C)=O. The summed E-state index contributed by atoms with van der Waals surface area (Å²) < 4.78 is 5.02. The minimum Gasteiger partial charge on any atom is -0.507 e. The molecule has 3 N–H and O–H groups in total. The van der Waals surface area contributed by atoms with Gasteiger partial charge in [0.2, 0.25) is 5.91 Å². The third kappa shape index (κ3) is 2.87. The van der Waals surface area contributed by atoms with E-state index >= 15 is 0 Å². The largest absolute Gasteiger partial charge is 0.507 e. The molecule has 0 heterocycles. The second kappa shape index (κ2) is 5.20. The van der Waals surface area contributed by atoms with Crippen LogP contribution in [0.4, 0.5) is 5.69 Å². The maximum Gasteiger partial charge on any atom is 0.221 e. The van der Waals surface area contributed by atoms with Crippen molar-refractivity contribution in [3.8, 4) is 11.5 Å². The molecular weight excluding hydrogens is 224 g/mol. The number of oxime groups is 1. The minimum atomic E-state index is -0.265. The van der Waals surface area contributed by atoms with Crippen LogP contribution < -0.4 is 10.1 Å². The second-order valence-electron chi connectivity index (χ2n) is 3.44. The molecule has 0 spiro atoms. The summed E-state index contributed by atoms with van der Waals surface area (Å²) in [7, 11) is 1.42. The summed E-state index contributed by atoms with van der Waals surface area (Å²) in [5, 5.41) is 23.9. The van der Waals surface area contributed by atoms with Gasteiger partial charge in [-0.2, -0.15) is 0 Å². The van der Waals surface area contributed by atoms with Crippen LogP contribution in [0.25, 0.3) is 0 Å². The average Bonchev–Trinajstić information content (AvgIpc) is 2.29. The number of benzene rings is 1. The van der Waals surface area contributed by atoms with Crippen LogP contribution in [0.1, 0.15) is 19.4 Å². The summed E-state index contributed by atoms with van der Waals surface area (Å²) in [6, 6.07) is 2.82. The normalized spacial score (nSPS) is 11.1. The molecule has 0 saturated carbocycles. The highest BCUT2D eigenvalue weighted by molar-refractivity contribution is 6.03. The molecule has 6 heteroatoms. The number of amides is 1. The Morgan fingerprint density at radius 2 is 2.06 bits per heavy atom. The molecule has 0 aliphatic rings. The number of aromatic hydroxyl groups is 1. The summed E-state index contributed by atoms with van der Waals surface area (Å²) in [6.45, 7) is 2.89. The molecule has 0 aromatic heterocycles. The van der Waals surface area contributed by atoms with Crippen LogP contribution >= 0.6 is 0 Å². The zero-order valence-corrected chi connectivity index (χ0v) is 9.81. The Kier molecular flexibility index (Phi) is 3.92. The fourth-order valence-electron chi connectivity index (χ4n) is 1.37. The van der Waals surface area contributed by atoms with Crippen LogP contribution in [0.5, 0.6) is 11.5 Å².